The molecule has 1 saturated heterocycles. The van der Waals surface area contributed by atoms with Crippen LogP contribution < -0.4 is 5.73 Å². The van der Waals surface area contributed by atoms with Crippen molar-refractivity contribution < 1.29 is 10.0 Å². The standard InChI is InChI=1S/C13H23N3O2/c1-2-10(12(14)15-18)13(17)16-8-4-6-9-5-3-7-11(9)16/h9-11,18H,2-8H2,1H3,(H2,14,15). The molecular weight excluding hydrogens is 230 g/mol. The van der Waals surface area contributed by atoms with Gasteiger partial charge in [-0.05, 0) is 38.0 Å². The quantitative estimate of drug-likeness (QED) is 0.346. The van der Waals surface area contributed by atoms with Gasteiger partial charge in [0.25, 0.3) is 0 Å². The molecule has 1 amide bonds. The lowest BCUT2D eigenvalue weighted by molar-refractivity contribution is -0.138. The average Bonchev–Trinajstić information content (AvgIpc) is 2.87. The van der Waals surface area contributed by atoms with E-state index in [0.717, 1.165) is 19.4 Å². The summed E-state index contributed by atoms with van der Waals surface area (Å²) in [6.45, 7) is 2.73. The molecule has 2 aliphatic rings. The van der Waals surface area contributed by atoms with Crippen LogP contribution in [0.2, 0.25) is 0 Å². The van der Waals surface area contributed by atoms with Crippen LogP contribution in [0.3, 0.4) is 0 Å². The summed E-state index contributed by atoms with van der Waals surface area (Å²) in [5, 5.41) is 11.8. The molecule has 3 N–H and O–H groups in total. The lowest BCUT2D eigenvalue weighted by atomic mass is 9.90. The molecule has 0 radical (unpaired) electrons. The van der Waals surface area contributed by atoms with Gasteiger partial charge in [0, 0.05) is 12.6 Å². The molecular formula is C13H23N3O2. The molecule has 1 heterocycles. The van der Waals surface area contributed by atoms with Crippen LogP contribution in [-0.4, -0.2) is 34.4 Å². The lowest BCUT2D eigenvalue weighted by Crippen LogP contribution is -2.50. The molecule has 0 bridgehead atoms. The predicted octanol–water partition coefficient (Wildman–Crippen LogP) is 1.55. The second-order valence-electron chi connectivity index (χ2n) is 5.42. The van der Waals surface area contributed by atoms with E-state index in [1.165, 1.54) is 19.3 Å². The van der Waals surface area contributed by atoms with E-state index in [9.17, 15) is 4.79 Å². The van der Waals surface area contributed by atoms with E-state index < -0.39 is 5.92 Å². The van der Waals surface area contributed by atoms with Crippen LogP contribution in [0, 0.1) is 11.8 Å². The Kier molecular flexibility index (Phi) is 4.09. The van der Waals surface area contributed by atoms with Crippen molar-refractivity contribution in [3.8, 4) is 0 Å². The van der Waals surface area contributed by atoms with Crippen molar-refractivity contribution in [2.45, 2.75) is 51.5 Å². The summed E-state index contributed by atoms with van der Waals surface area (Å²) in [6.07, 6.45) is 6.49. The minimum Gasteiger partial charge on any atom is -0.409 e. The van der Waals surface area contributed by atoms with Crippen LogP contribution in [0.25, 0.3) is 0 Å². The Bertz CT molecular complexity index is 343. The monoisotopic (exact) mass is 253 g/mol. The molecule has 2 rings (SSSR count). The first-order valence-electron chi connectivity index (χ1n) is 6.97. The van der Waals surface area contributed by atoms with Gasteiger partial charge in [0.1, 0.15) is 0 Å². The number of oxime groups is 1. The molecule has 0 spiro atoms. The van der Waals surface area contributed by atoms with Crippen LogP contribution in [0.15, 0.2) is 5.16 Å². The van der Waals surface area contributed by atoms with Gasteiger partial charge in [0.05, 0.1) is 5.92 Å². The van der Waals surface area contributed by atoms with Crippen molar-refractivity contribution in [3.05, 3.63) is 0 Å². The number of nitrogens with two attached hydrogens (primary N) is 1. The third-order valence-electron chi connectivity index (χ3n) is 4.46. The van der Waals surface area contributed by atoms with Crippen molar-refractivity contribution in [2.75, 3.05) is 6.54 Å². The van der Waals surface area contributed by atoms with Gasteiger partial charge in [0.15, 0.2) is 5.84 Å². The van der Waals surface area contributed by atoms with Crippen LogP contribution in [-0.2, 0) is 4.79 Å². The number of piperidine rings is 1. The highest BCUT2D eigenvalue weighted by Gasteiger charge is 2.39. The van der Waals surface area contributed by atoms with Crippen molar-refractivity contribution in [2.24, 2.45) is 22.7 Å². The minimum atomic E-state index is -0.464. The second-order valence-corrected chi connectivity index (χ2v) is 5.42. The van der Waals surface area contributed by atoms with Crippen LogP contribution in [0.4, 0.5) is 0 Å². The Morgan fingerprint density at radius 2 is 2.17 bits per heavy atom. The first-order chi connectivity index (χ1) is 8.69. The first-order valence-corrected chi connectivity index (χ1v) is 6.97. The molecule has 102 valence electrons. The maximum atomic E-state index is 12.5. The van der Waals surface area contributed by atoms with E-state index in [-0.39, 0.29) is 11.7 Å². The summed E-state index contributed by atoms with van der Waals surface area (Å²) < 4.78 is 0. The fourth-order valence-electron chi connectivity index (χ4n) is 3.51. The Balaban J connectivity index is 2.11. The predicted molar refractivity (Wildman–Crippen MR) is 69.3 cm³/mol. The number of hydrogen-bond acceptors (Lipinski definition) is 3. The summed E-state index contributed by atoms with van der Waals surface area (Å²) in [6, 6.07) is 0.395. The average molecular weight is 253 g/mol. The fourth-order valence-corrected chi connectivity index (χ4v) is 3.51. The molecule has 3 atom stereocenters. The van der Waals surface area contributed by atoms with Gasteiger partial charge in [-0.1, -0.05) is 18.5 Å². The van der Waals surface area contributed by atoms with E-state index in [4.69, 9.17) is 10.9 Å². The number of carbonyl (C=O) groups excluding carboxylic acids is 1. The largest absolute Gasteiger partial charge is 0.409 e. The lowest BCUT2D eigenvalue weighted by Gasteiger charge is -2.39. The molecule has 18 heavy (non-hydrogen) atoms. The third kappa shape index (κ3) is 2.31. The second kappa shape index (κ2) is 5.59. The topological polar surface area (TPSA) is 78.9 Å². The number of rotatable bonds is 3. The van der Waals surface area contributed by atoms with E-state index in [0.29, 0.717) is 18.4 Å². The zero-order chi connectivity index (χ0) is 13.1. The zero-order valence-electron chi connectivity index (χ0n) is 11.0. The van der Waals surface area contributed by atoms with E-state index in [2.05, 4.69) is 5.16 Å². The van der Waals surface area contributed by atoms with Gasteiger partial charge in [-0.25, -0.2) is 0 Å². The molecule has 1 saturated carbocycles. The summed E-state index contributed by atoms with van der Waals surface area (Å²) in [5.41, 5.74) is 5.62. The number of fused-ring (bicyclic) bond motifs is 1. The highest BCUT2D eigenvalue weighted by Crippen LogP contribution is 2.37. The molecule has 1 aliphatic carbocycles. The maximum absolute atomic E-state index is 12.5. The van der Waals surface area contributed by atoms with E-state index in [1.807, 2.05) is 11.8 Å². The van der Waals surface area contributed by atoms with Crippen molar-refractivity contribution in [1.82, 2.24) is 4.90 Å². The van der Waals surface area contributed by atoms with Gasteiger partial charge in [-0.3, -0.25) is 4.79 Å². The third-order valence-corrected chi connectivity index (χ3v) is 4.46. The fraction of sp³-hybridized carbons (Fsp3) is 0.846. The summed E-state index contributed by atoms with van der Waals surface area (Å²) >= 11 is 0. The SMILES string of the molecule is CCC(C(=O)N1CCCC2CCCC21)C(N)=NO. The zero-order valence-corrected chi connectivity index (χ0v) is 11.0. The summed E-state index contributed by atoms with van der Waals surface area (Å²) in [4.78, 5) is 14.5. The number of hydrogen-bond donors (Lipinski definition) is 2. The van der Waals surface area contributed by atoms with Gasteiger partial charge >= 0.3 is 0 Å². The van der Waals surface area contributed by atoms with Gasteiger partial charge in [0.2, 0.25) is 5.91 Å². The Hall–Kier alpha value is -1.26. The van der Waals surface area contributed by atoms with Gasteiger partial charge < -0.3 is 15.8 Å². The molecule has 2 fully saturated rings. The van der Waals surface area contributed by atoms with E-state index >= 15 is 0 Å². The smallest absolute Gasteiger partial charge is 0.233 e. The van der Waals surface area contributed by atoms with Crippen molar-refractivity contribution >= 4 is 11.7 Å². The van der Waals surface area contributed by atoms with Crippen LogP contribution in [0.1, 0.15) is 45.4 Å². The van der Waals surface area contributed by atoms with Gasteiger partial charge in [-0.15, -0.1) is 0 Å². The maximum Gasteiger partial charge on any atom is 0.233 e. The van der Waals surface area contributed by atoms with Crippen LogP contribution in [0.5, 0.6) is 0 Å². The number of nitrogens with zero attached hydrogens (tertiary/aromatic N) is 2. The first kappa shape index (κ1) is 13.2. The molecule has 0 aromatic rings. The van der Waals surface area contributed by atoms with Crippen LogP contribution >= 0.6 is 0 Å². The Labute approximate surface area is 108 Å². The van der Waals surface area contributed by atoms with E-state index in [1.54, 1.807) is 0 Å². The Morgan fingerprint density at radius 1 is 1.44 bits per heavy atom. The number of likely N-dealkylation sites (tertiary alicyclic amines) is 1. The molecule has 0 aromatic heterocycles. The van der Waals surface area contributed by atoms with Crippen molar-refractivity contribution in [1.29, 1.82) is 0 Å². The Morgan fingerprint density at radius 3 is 2.83 bits per heavy atom. The number of amides is 1. The summed E-state index contributed by atoms with van der Waals surface area (Å²) in [7, 11) is 0. The number of carbonyl (C=O) groups is 1. The molecule has 0 aromatic carbocycles. The normalized spacial score (nSPS) is 30.1. The van der Waals surface area contributed by atoms with Crippen molar-refractivity contribution in [3.63, 3.8) is 0 Å². The molecule has 3 unspecified atom stereocenters. The highest BCUT2D eigenvalue weighted by atomic mass is 16.4. The molecule has 5 heteroatoms. The molecule has 5 nitrogen and oxygen atoms in total. The number of amidine groups is 1. The molecule has 1 aliphatic heterocycles. The van der Waals surface area contributed by atoms with Gasteiger partial charge in [-0.2, -0.15) is 0 Å². The summed E-state index contributed by atoms with van der Waals surface area (Å²) in [5.74, 6) is 0.300. The minimum absolute atomic E-state index is 0.0441. The highest BCUT2D eigenvalue weighted by molar-refractivity contribution is 6.02.